The lowest BCUT2D eigenvalue weighted by Gasteiger charge is -2.19. The maximum absolute atomic E-state index is 12.8. The third kappa shape index (κ3) is 4.80. The number of nitrogens with zero attached hydrogens (tertiary/aromatic N) is 1. The first-order valence-electron chi connectivity index (χ1n) is 9.54. The fraction of sp³-hybridized carbons (Fsp3) is 0.400. The molecular weight excluding hydrogens is 412 g/mol. The van der Waals surface area contributed by atoms with Gasteiger partial charge in [0.05, 0.1) is 16.9 Å². The maximum atomic E-state index is 12.8. The van der Waals surface area contributed by atoms with Gasteiger partial charge in [-0.3, -0.25) is 0 Å². The first-order valence-corrected chi connectivity index (χ1v) is 12.5. The summed E-state index contributed by atoms with van der Waals surface area (Å²) < 4.78 is 60.1. The minimum atomic E-state index is -3.81. The molecule has 0 aliphatic carbocycles. The zero-order chi connectivity index (χ0) is 21.1. The Morgan fingerprint density at radius 1 is 0.931 bits per heavy atom. The van der Waals surface area contributed by atoms with Gasteiger partial charge in [-0.15, -0.1) is 0 Å². The molecule has 0 bridgehead atoms. The summed E-state index contributed by atoms with van der Waals surface area (Å²) in [6.07, 6.45) is 2.26. The molecule has 9 heteroatoms. The summed E-state index contributed by atoms with van der Waals surface area (Å²) >= 11 is 0. The topological polar surface area (TPSA) is 92.8 Å². The average molecular weight is 439 g/mol. The maximum Gasteiger partial charge on any atom is 0.243 e. The van der Waals surface area contributed by atoms with Gasteiger partial charge in [0, 0.05) is 19.1 Å². The summed E-state index contributed by atoms with van der Waals surface area (Å²) in [5.41, 5.74) is 0.824. The van der Waals surface area contributed by atoms with Gasteiger partial charge in [0.25, 0.3) is 0 Å². The van der Waals surface area contributed by atoms with Crippen molar-refractivity contribution in [3.63, 3.8) is 0 Å². The molecule has 0 aromatic heterocycles. The standard InChI is InChI=1S/C20H26N2O5S2/c1-3-20(16-6-8-17(27-2)9-7-16)21-28(23,24)18-10-12-19(13-11-18)29(25,26)22-14-4-5-15-22/h6-13,20-21H,3-5,14-15H2,1-2H3. The summed E-state index contributed by atoms with van der Waals surface area (Å²) in [5, 5.41) is 0. The van der Waals surface area contributed by atoms with E-state index in [1.54, 1.807) is 19.2 Å². The van der Waals surface area contributed by atoms with E-state index in [2.05, 4.69) is 4.72 Å². The first kappa shape index (κ1) is 21.8. The van der Waals surface area contributed by atoms with Crippen molar-refractivity contribution >= 4 is 20.0 Å². The van der Waals surface area contributed by atoms with Gasteiger partial charge in [-0.1, -0.05) is 19.1 Å². The number of rotatable bonds is 8. The zero-order valence-corrected chi connectivity index (χ0v) is 18.2. The smallest absolute Gasteiger partial charge is 0.243 e. The highest BCUT2D eigenvalue weighted by Gasteiger charge is 2.28. The molecule has 1 heterocycles. The lowest BCUT2D eigenvalue weighted by atomic mass is 10.1. The van der Waals surface area contributed by atoms with Crippen molar-refractivity contribution in [3.05, 3.63) is 54.1 Å². The minimum absolute atomic E-state index is 0.0323. The van der Waals surface area contributed by atoms with Crippen LogP contribution in [0, 0.1) is 0 Å². The van der Waals surface area contributed by atoms with Crippen LogP contribution in [-0.4, -0.2) is 41.3 Å². The molecule has 1 unspecified atom stereocenters. The SMILES string of the molecule is CCC(NS(=O)(=O)c1ccc(S(=O)(=O)N2CCCC2)cc1)c1ccc(OC)cc1. The molecule has 0 saturated carbocycles. The van der Waals surface area contributed by atoms with Crippen LogP contribution in [0.5, 0.6) is 5.75 Å². The molecular formula is C20H26N2O5S2. The average Bonchev–Trinajstić information content (AvgIpc) is 3.28. The van der Waals surface area contributed by atoms with Gasteiger partial charge < -0.3 is 4.74 Å². The van der Waals surface area contributed by atoms with Crippen LogP contribution in [0.1, 0.15) is 37.8 Å². The van der Waals surface area contributed by atoms with Crippen LogP contribution in [0.25, 0.3) is 0 Å². The molecule has 2 aromatic rings. The molecule has 0 amide bonds. The summed E-state index contributed by atoms with van der Waals surface area (Å²) in [6.45, 7) is 2.90. The number of methoxy groups -OCH3 is 1. The third-order valence-corrected chi connectivity index (χ3v) is 8.46. The monoisotopic (exact) mass is 438 g/mol. The van der Waals surface area contributed by atoms with Crippen LogP contribution < -0.4 is 9.46 Å². The van der Waals surface area contributed by atoms with E-state index in [4.69, 9.17) is 4.74 Å². The lowest BCUT2D eigenvalue weighted by Crippen LogP contribution is -2.29. The van der Waals surface area contributed by atoms with Crippen molar-refractivity contribution in [1.29, 1.82) is 0 Å². The largest absolute Gasteiger partial charge is 0.497 e. The van der Waals surface area contributed by atoms with E-state index in [1.807, 2.05) is 19.1 Å². The van der Waals surface area contributed by atoms with E-state index in [0.717, 1.165) is 18.4 Å². The van der Waals surface area contributed by atoms with E-state index in [1.165, 1.54) is 28.6 Å². The molecule has 1 saturated heterocycles. The van der Waals surface area contributed by atoms with Crippen LogP contribution in [0.2, 0.25) is 0 Å². The minimum Gasteiger partial charge on any atom is -0.497 e. The third-order valence-electron chi connectivity index (χ3n) is 5.06. The Labute approximate surface area is 172 Å². The highest BCUT2D eigenvalue weighted by molar-refractivity contribution is 7.89. The molecule has 158 valence electrons. The molecule has 2 aromatic carbocycles. The van der Waals surface area contributed by atoms with Gasteiger partial charge >= 0.3 is 0 Å². The van der Waals surface area contributed by atoms with Gasteiger partial charge in [-0.25, -0.2) is 21.6 Å². The van der Waals surface area contributed by atoms with Gasteiger partial charge in [-0.2, -0.15) is 4.31 Å². The second-order valence-corrected chi connectivity index (χ2v) is 10.6. The second kappa shape index (κ2) is 8.83. The van der Waals surface area contributed by atoms with Crippen molar-refractivity contribution in [2.75, 3.05) is 20.2 Å². The molecule has 0 radical (unpaired) electrons. The number of hydrogen-bond donors (Lipinski definition) is 1. The van der Waals surface area contributed by atoms with Gasteiger partial charge in [0.2, 0.25) is 20.0 Å². The number of hydrogen-bond acceptors (Lipinski definition) is 5. The summed E-state index contributed by atoms with van der Waals surface area (Å²) in [5.74, 6) is 0.696. The predicted octanol–water partition coefficient (Wildman–Crippen LogP) is 2.91. The van der Waals surface area contributed by atoms with Crippen molar-refractivity contribution in [1.82, 2.24) is 9.03 Å². The molecule has 1 aliphatic rings. The summed E-state index contributed by atoms with van der Waals surface area (Å²) in [4.78, 5) is 0.144. The Kier molecular flexibility index (Phi) is 6.62. The summed E-state index contributed by atoms with van der Waals surface area (Å²) in [6, 6.07) is 12.2. The van der Waals surface area contributed by atoms with Gasteiger partial charge in [0.1, 0.15) is 5.75 Å². The van der Waals surface area contributed by atoms with E-state index >= 15 is 0 Å². The Morgan fingerprint density at radius 3 is 2.00 bits per heavy atom. The molecule has 29 heavy (non-hydrogen) atoms. The highest BCUT2D eigenvalue weighted by atomic mass is 32.2. The Balaban J connectivity index is 1.79. The van der Waals surface area contributed by atoms with Gasteiger partial charge in [-0.05, 0) is 61.2 Å². The number of nitrogens with one attached hydrogen (secondary N) is 1. The molecule has 1 aliphatic heterocycles. The van der Waals surface area contributed by atoms with Crippen LogP contribution >= 0.6 is 0 Å². The molecule has 0 spiro atoms. The van der Waals surface area contributed by atoms with E-state index in [9.17, 15) is 16.8 Å². The molecule has 7 nitrogen and oxygen atoms in total. The fourth-order valence-corrected chi connectivity index (χ4v) is 6.17. The number of sulfonamides is 2. The zero-order valence-electron chi connectivity index (χ0n) is 16.5. The molecule has 1 fully saturated rings. The van der Waals surface area contributed by atoms with Crippen LogP contribution in [0.4, 0.5) is 0 Å². The van der Waals surface area contributed by atoms with Crippen LogP contribution in [0.15, 0.2) is 58.3 Å². The van der Waals surface area contributed by atoms with Crippen molar-refractivity contribution in [2.45, 2.75) is 42.0 Å². The Hall–Kier alpha value is -1.94. The lowest BCUT2D eigenvalue weighted by molar-refractivity contribution is 0.414. The van der Waals surface area contributed by atoms with E-state index in [0.29, 0.717) is 25.3 Å². The molecule has 3 rings (SSSR count). The molecule has 1 atom stereocenters. The number of benzene rings is 2. The Bertz CT molecular complexity index is 1030. The fourth-order valence-electron chi connectivity index (χ4n) is 3.35. The van der Waals surface area contributed by atoms with Crippen molar-refractivity contribution < 1.29 is 21.6 Å². The van der Waals surface area contributed by atoms with Crippen molar-refractivity contribution in [2.24, 2.45) is 0 Å². The first-order chi connectivity index (χ1) is 13.8. The van der Waals surface area contributed by atoms with Crippen molar-refractivity contribution in [3.8, 4) is 5.75 Å². The normalized spacial score (nSPS) is 16.6. The summed E-state index contributed by atoms with van der Waals surface area (Å²) in [7, 11) is -5.81. The highest BCUT2D eigenvalue weighted by Crippen LogP contribution is 2.25. The second-order valence-electron chi connectivity index (χ2n) is 6.94. The van der Waals surface area contributed by atoms with Crippen LogP contribution in [0.3, 0.4) is 0 Å². The van der Waals surface area contributed by atoms with E-state index in [-0.39, 0.29) is 9.79 Å². The van der Waals surface area contributed by atoms with Gasteiger partial charge in [0.15, 0.2) is 0 Å². The number of ether oxygens (including phenoxy) is 1. The van der Waals surface area contributed by atoms with E-state index < -0.39 is 26.1 Å². The molecule has 1 N–H and O–H groups in total. The predicted molar refractivity (Wildman–Crippen MR) is 111 cm³/mol. The Morgan fingerprint density at radius 2 is 1.48 bits per heavy atom. The quantitative estimate of drug-likeness (QED) is 0.684. The van der Waals surface area contributed by atoms with Crippen LogP contribution in [-0.2, 0) is 20.0 Å².